The van der Waals surface area contributed by atoms with Crippen molar-refractivity contribution in [2.75, 3.05) is 51.8 Å². The molecule has 1 saturated heterocycles. The molecule has 0 saturated carbocycles. The number of hydrogen-bond donors (Lipinski definition) is 0. The number of non-ortho nitro benzene ring substituents is 1. The van der Waals surface area contributed by atoms with Crippen molar-refractivity contribution in [3.8, 4) is 5.75 Å². The van der Waals surface area contributed by atoms with Gasteiger partial charge < -0.3 is 19.3 Å². The molecule has 0 N–H and O–H groups in total. The average Bonchev–Trinajstić information content (AvgIpc) is 3.38. The lowest BCUT2D eigenvalue weighted by atomic mass is 9.93. The Morgan fingerprint density at radius 2 is 1.83 bits per heavy atom. The van der Waals surface area contributed by atoms with E-state index in [4.69, 9.17) is 14.5 Å². The topological polar surface area (TPSA) is 120 Å². The summed E-state index contributed by atoms with van der Waals surface area (Å²) in [4.78, 5) is 49.1. The molecule has 0 bridgehead atoms. The fourth-order valence-corrected chi connectivity index (χ4v) is 6.81. The molecule has 3 heterocycles. The van der Waals surface area contributed by atoms with Crippen LogP contribution in [0, 0.1) is 10.1 Å². The van der Waals surface area contributed by atoms with Crippen LogP contribution in [-0.2, 0) is 9.53 Å². The molecule has 0 aliphatic carbocycles. The molecule has 2 aliphatic rings. The van der Waals surface area contributed by atoms with Crippen LogP contribution in [0.4, 0.5) is 11.4 Å². The molecule has 3 aromatic carbocycles. The number of rotatable bonds is 8. The molecule has 0 radical (unpaired) electrons. The van der Waals surface area contributed by atoms with Gasteiger partial charge in [0.25, 0.3) is 11.2 Å². The Hall–Kier alpha value is -5.07. The molecule has 1 aromatic heterocycles. The minimum atomic E-state index is -0.870. The van der Waals surface area contributed by atoms with Gasteiger partial charge in [-0.2, -0.15) is 0 Å². The van der Waals surface area contributed by atoms with Crippen LogP contribution >= 0.6 is 11.3 Å². The summed E-state index contributed by atoms with van der Waals surface area (Å²) in [7, 11) is 3.61. The molecule has 2 aliphatic heterocycles. The molecule has 0 unspecified atom stereocenters. The van der Waals surface area contributed by atoms with Gasteiger partial charge in [0.1, 0.15) is 5.75 Å². The Kier molecular flexibility index (Phi) is 8.82. The van der Waals surface area contributed by atoms with E-state index in [-0.39, 0.29) is 23.4 Å². The van der Waals surface area contributed by atoms with Crippen LogP contribution in [0.25, 0.3) is 11.8 Å². The predicted octanol–water partition coefficient (Wildman–Crippen LogP) is 3.60. The molecule has 46 heavy (non-hydrogen) atoms. The number of ether oxygens (including phenoxy) is 2. The number of thiazole rings is 1. The first-order valence-electron chi connectivity index (χ1n) is 14.9. The number of piperazine rings is 1. The molecule has 11 nitrogen and oxygen atoms in total. The van der Waals surface area contributed by atoms with Gasteiger partial charge in [-0.3, -0.25) is 19.5 Å². The highest BCUT2D eigenvalue weighted by Gasteiger charge is 2.35. The lowest BCUT2D eigenvalue weighted by molar-refractivity contribution is -0.384. The Balaban J connectivity index is 1.61. The fourth-order valence-electron chi connectivity index (χ4n) is 5.82. The summed E-state index contributed by atoms with van der Waals surface area (Å²) in [6.45, 7) is 5.05. The summed E-state index contributed by atoms with van der Waals surface area (Å²) in [5.41, 5.74) is 2.92. The number of fused-ring (bicyclic) bond motifs is 1. The molecular formula is C34H33N5O6S. The van der Waals surface area contributed by atoms with Gasteiger partial charge in [-0.05, 0) is 43.8 Å². The molecule has 0 spiro atoms. The number of hydrogen-bond acceptors (Lipinski definition) is 10. The minimum absolute atomic E-state index is 0.0675. The molecular weight excluding hydrogens is 606 g/mol. The van der Waals surface area contributed by atoms with Gasteiger partial charge in [0.2, 0.25) is 0 Å². The second-order valence-corrected chi connectivity index (χ2v) is 12.0. The minimum Gasteiger partial charge on any atom is -0.497 e. The third-order valence-electron chi connectivity index (χ3n) is 8.14. The normalized spacial score (nSPS) is 17.0. The van der Waals surface area contributed by atoms with Crippen molar-refractivity contribution in [1.29, 1.82) is 0 Å². The zero-order chi connectivity index (χ0) is 32.4. The van der Waals surface area contributed by atoms with Gasteiger partial charge in [0, 0.05) is 55.1 Å². The number of nitro benzene ring substituents is 1. The average molecular weight is 640 g/mol. The number of benzene rings is 3. The number of esters is 1. The zero-order valence-electron chi connectivity index (χ0n) is 25.7. The van der Waals surface area contributed by atoms with Crippen LogP contribution in [0.2, 0.25) is 0 Å². The van der Waals surface area contributed by atoms with Gasteiger partial charge in [-0.25, -0.2) is 9.79 Å². The third-order valence-corrected chi connectivity index (χ3v) is 9.12. The van der Waals surface area contributed by atoms with Crippen molar-refractivity contribution >= 4 is 40.5 Å². The van der Waals surface area contributed by atoms with Crippen molar-refractivity contribution in [3.63, 3.8) is 0 Å². The van der Waals surface area contributed by atoms with Gasteiger partial charge >= 0.3 is 5.97 Å². The summed E-state index contributed by atoms with van der Waals surface area (Å²) in [5.74, 6) is -0.0160. The molecule has 6 rings (SSSR count). The van der Waals surface area contributed by atoms with Crippen molar-refractivity contribution in [1.82, 2.24) is 9.47 Å². The van der Waals surface area contributed by atoms with Crippen LogP contribution in [0.1, 0.15) is 29.7 Å². The van der Waals surface area contributed by atoms with E-state index >= 15 is 0 Å². The number of methoxy groups -OCH3 is 1. The van der Waals surface area contributed by atoms with Gasteiger partial charge in [0.05, 0.1) is 40.5 Å². The van der Waals surface area contributed by atoms with E-state index in [1.165, 1.54) is 28.0 Å². The number of likely N-dealkylation sites (N-methyl/N-ethyl adjacent to an activating group) is 1. The zero-order valence-corrected chi connectivity index (χ0v) is 26.5. The summed E-state index contributed by atoms with van der Waals surface area (Å²) in [5, 5.41) is 11.8. The monoisotopic (exact) mass is 639 g/mol. The maximum absolute atomic E-state index is 14.4. The van der Waals surface area contributed by atoms with Gasteiger partial charge in [-0.15, -0.1) is 0 Å². The van der Waals surface area contributed by atoms with Crippen molar-refractivity contribution < 1.29 is 19.2 Å². The van der Waals surface area contributed by atoms with Gasteiger partial charge in [-0.1, -0.05) is 53.8 Å². The Morgan fingerprint density at radius 3 is 2.52 bits per heavy atom. The number of nitrogens with zero attached hydrogens (tertiary/aromatic N) is 5. The number of carbonyl (C=O) groups is 1. The first kappa shape index (κ1) is 30.9. The summed E-state index contributed by atoms with van der Waals surface area (Å²) in [6, 6.07) is 20.4. The van der Waals surface area contributed by atoms with E-state index in [0.717, 1.165) is 31.9 Å². The molecule has 4 aromatic rings. The quantitative estimate of drug-likeness (QED) is 0.163. The van der Waals surface area contributed by atoms with Crippen molar-refractivity contribution in [3.05, 3.63) is 125 Å². The van der Waals surface area contributed by atoms with Gasteiger partial charge in [0.15, 0.2) is 4.80 Å². The highest BCUT2D eigenvalue weighted by molar-refractivity contribution is 7.07. The molecule has 0 amide bonds. The Bertz CT molecular complexity index is 2010. The lowest BCUT2D eigenvalue weighted by Gasteiger charge is -2.34. The van der Waals surface area contributed by atoms with Crippen molar-refractivity contribution in [2.24, 2.45) is 4.99 Å². The number of nitro groups is 1. The van der Waals surface area contributed by atoms with Crippen LogP contribution in [0.5, 0.6) is 5.75 Å². The van der Waals surface area contributed by atoms with E-state index in [0.29, 0.717) is 37.5 Å². The molecule has 236 valence electrons. The molecule has 12 heteroatoms. The second-order valence-electron chi connectivity index (χ2n) is 11.0. The number of carbonyl (C=O) groups excluding carboxylic acids is 1. The first-order valence-corrected chi connectivity index (χ1v) is 15.7. The summed E-state index contributed by atoms with van der Waals surface area (Å²) in [6.07, 6.45) is 1.70. The largest absolute Gasteiger partial charge is 0.497 e. The van der Waals surface area contributed by atoms with Crippen LogP contribution in [-0.4, -0.2) is 67.3 Å². The van der Waals surface area contributed by atoms with E-state index in [9.17, 15) is 19.7 Å². The SMILES string of the molecule is CCOC(=O)C1=C(c2ccccc2)N=c2sc(=Cc3cc([N+](=O)[O-])ccc3N3CCN(C)CC3)c(=O)n2[C@H]1c1cccc(OC)c1. The van der Waals surface area contributed by atoms with E-state index < -0.39 is 16.9 Å². The third kappa shape index (κ3) is 5.96. The maximum Gasteiger partial charge on any atom is 0.338 e. The summed E-state index contributed by atoms with van der Waals surface area (Å²) >= 11 is 1.17. The standard InChI is InChI=1S/C34H33N5O6S/c1-4-45-33(41)29-30(22-9-6-5-7-10-22)35-34-38(31(29)23-11-8-12-26(20-23)44-3)32(40)28(46-34)21-24-19-25(39(42)43)13-14-27(24)37-17-15-36(2)16-18-37/h5-14,19-21,31H,4,15-18H2,1-3H3/t31-/m0/s1. The smallest absolute Gasteiger partial charge is 0.338 e. The van der Waals surface area contributed by atoms with E-state index in [1.807, 2.05) is 36.4 Å². The number of aromatic nitrogens is 1. The Morgan fingerprint density at radius 1 is 1.07 bits per heavy atom. The highest BCUT2D eigenvalue weighted by atomic mass is 32.1. The molecule has 1 atom stereocenters. The highest BCUT2D eigenvalue weighted by Crippen LogP contribution is 2.36. The summed E-state index contributed by atoms with van der Waals surface area (Å²) < 4.78 is 12.9. The maximum atomic E-state index is 14.4. The predicted molar refractivity (Wildman–Crippen MR) is 177 cm³/mol. The van der Waals surface area contributed by atoms with E-state index in [2.05, 4.69) is 16.8 Å². The Labute approximate surface area is 269 Å². The van der Waals surface area contributed by atoms with Crippen LogP contribution in [0.3, 0.4) is 0 Å². The first-order chi connectivity index (χ1) is 22.3. The molecule has 1 fully saturated rings. The number of anilines is 1. The lowest BCUT2D eigenvalue weighted by Crippen LogP contribution is -2.44. The van der Waals surface area contributed by atoms with Crippen molar-refractivity contribution in [2.45, 2.75) is 13.0 Å². The fraction of sp³-hybridized carbons (Fsp3) is 0.265. The van der Waals surface area contributed by atoms with E-state index in [1.54, 1.807) is 44.4 Å². The second kappa shape index (κ2) is 13.1. The van der Waals surface area contributed by atoms with Crippen LogP contribution < -0.4 is 24.5 Å². The van der Waals surface area contributed by atoms with Crippen LogP contribution in [0.15, 0.2) is 88.2 Å².